The summed E-state index contributed by atoms with van der Waals surface area (Å²) < 4.78 is 17.7. The summed E-state index contributed by atoms with van der Waals surface area (Å²) in [5.74, 6) is 1.55. The summed E-state index contributed by atoms with van der Waals surface area (Å²) in [5, 5.41) is 22.8. The molecule has 0 saturated carbocycles. The number of aromatic carboxylic acids is 1. The van der Waals surface area contributed by atoms with Crippen LogP contribution in [0.5, 0.6) is 23.0 Å². The van der Waals surface area contributed by atoms with Crippen molar-refractivity contribution in [2.75, 3.05) is 19.7 Å². The number of carbonyl (C=O) groups is 1. The first-order chi connectivity index (χ1) is 17.0. The number of aryl methyl sites for hydroxylation is 1. The Hall–Kier alpha value is -3.81. The number of hydrogen-bond acceptors (Lipinski definition) is 6. The molecule has 0 spiro atoms. The Balaban J connectivity index is 1.28. The van der Waals surface area contributed by atoms with Crippen LogP contribution >= 0.6 is 0 Å². The number of aliphatic hydroxyl groups excluding tert-OH is 1. The molecule has 3 aromatic carbocycles. The summed E-state index contributed by atoms with van der Waals surface area (Å²) in [4.78, 5) is 11.5. The molecule has 0 saturated heterocycles. The normalized spacial score (nSPS) is 15.4. The van der Waals surface area contributed by atoms with E-state index in [1.54, 1.807) is 18.2 Å². The molecule has 3 N–H and O–H groups in total. The minimum atomic E-state index is -1.03. The Bertz CT molecular complexity index is 1160. The molecule has 0 radical (unpaired) electrons. The minimum Gasteiger partial charge on any atom is -0.491 e. The first-order valence-corrected chi connectivity index (χ1v) is 11.6. The Morgan fingerprint density at radius 2 is 1.97 bits per heavy atom. The van der Waals surface area contributed by atoms with Crippen molar-refractivity contribution in [3.8, 4) is 23.0 Å². The number of fused-ring (bicyclic) bond motifs is 1. The second kappa shape index (κ2) is 11.6. The van der Waals surface area contributed by atoms with Gasteiger partial charge in [0, 0.05) is 18.7 Å². The van der Waals surface area contributed by atoms with Crippen LogP contribution in [0.2, 0.25) is 0 Å². The summed E-state index contributed by atoms with van der Waals surface area (Å²) in [6.45, 7) is 4.97. The topological polar surface area (TPSA) is 97.3 Å². The number of carboxylic acid groups (broad SMARTS) is 1. The van der Waals surface area contributed by atoms with E-state index in [1.807, 2.05) is 42.5 Å². The zero-order valence-corrected chi connectivity index (χ0v) is 19.4. The Morgan fingerprint density at radius 1 is 1.14 bits per heavy atom. The number of ether oxygens (including phenoxy) is 3. The highest BCUT2D eigenvalue weighted by Gasteiger charge is 2.21. The molecule has 7 nitrogen and oxygen atoms in total. The number of rotatable bonds is 11. The van der Waals surface area contributed by atoms with E-state index < -0.39 is 12.1 Å². The van der Waals surface area contributed by atoms with Gasteiger partial charge in [-0.15, -0.1) is 0 Å². The SMILES string of the molecule is C=Cc1c(Oc2ccc3c(c2)CC[C@H](CNC[C@H](O)COc2ccccc2)O3)cccc1C(=O)O. The van der Waals surface area contributed by atoms with Crippen molar-refractivity contribution in [3.63, 3.8) is 0 Å². The lowest BCUT2D eigenvalue weighted by atomic mass is 10.0. The van der Waals surface area contributed by atoms with Crippen LogP contribution < -0.4 is 19.5 Å². The van der Waals surface area contributed by atoms with Crippen LogP contribution in [0.15, 0.2) is 73.3 Å². The van der Waals surface area contributed by atoms with Gasteiger partial charge in [0.05, 0.1) is 5.56 Å². The van der Waals surface area contributed by atoms with Gasteiger partial charge in [-0.05, 0) is 60.9 Å². The molecule has 1 heterocycles. The van der Waals surface area contributed by atoms with Crippen molar-refractivity contribution < 1.29 is 29.2 Å². The molecule has 2 atom stereocenters. The lowest BCUT2D eigenvalue weighted by Gasteiger charge is -2.27. The average Bonchev–Trinajstić information content (AvgIpc) is 2.88. The molecule has 7 heteroatoms. The zero-order chi connectivity index (χ0) is 24.6. The number of aliphatic hydroxyl groups is 1. The van der Waals surface area contributed by atoms with Crippen molar-refractivity contribution in [1.29, 1.82) is 0 Å². The smallest absolute Gasteiger partial charge is 0.336 e. The number of carboxylic acids is 1. The van der Waals surface area contributed by atoms with Crippen molar-refractivity contribution >= 4 is 12.0 Å². The lowest BCUT2D eigenvalue weighted by molar-refractivity contribution is 0.0696. The molecule has 1 aliphatic rings. The van der Waals surface area contributed by atoms with Gasteiger partial charge in [0.15, 0.2) is 0 Å². The maximum atomic E-state index is 11.5. The molecule has 0 aromatic heterocycles. The van der Waals surface area contributed by atoms with Crippen molar-refractivity contribution in [2.45, 2.75) is 25.0 Å². The number of para-hydroxylation sites is 1. The van der Waals surface area contributed by atoms with E-state index in [0.29, 0.717) is 30.2 Å². The van der Waals surface area contributed by atoms with E-state index in [1.165, 1.54) is 12.1 Å². The second-order valence-electron chi connectivity index (χ2n) is 8.31. The van der Waals surface area contributed by atoms with Gasteiger partial charge >= 0.3 is 5.97 Å². The number of benzene rings is 3. The van der Waals surface area contributed by atoms with Gasteiger partial charge in [-0.2, -0.15) is 0 Å². The first kappa shape index (κ1) is 24.3. The van der Waals surface area contributed by atoms with E-state index in [0.717, 1.165) is 29.9 Å². The van der Waals surface area contributed by atoms with E-state index in [-0.39, 0.29) is 18.3 Å². The van der Waals surface area contributed by atoms with E-state index in [2.05, 4.69) is 11.9 Å². The van der Waals surface area contributed by atoms with E-state index >= 15 is 0 Å². The van der Waals surface area contributed by atoms with Crippen LogP contribution in [0.25, 0.3) is 6.08 Å². The van der Waals surface area contributed by atoms with E-state index in [4.69, 9.17) is 14.2 Å². The van der Waals surface area contributed by atoms with Crippen LogP contribution in [0.4, 0.5) is 0 Å². The van der Waals surface area contributed by atoms with Crippen LogP contribution in [-0.2, 0) is 6.42 Å². The molecule has 4 rings (SSSR count). The Kier molecular flexibility index (Phi) is 8.03. The zero-order valence-electron chi connectivity index (χ0n) is 19.4. The predicted molar refractivity (Wildman–Crippen MR) is 134 cm³/mol. The van der Waals surface area contributed by atoms with Crippen molar-refractivity contribution in [2.24, 2.45) is 0 Å². The number of nitrogens with one attached hydrogen (secondary N) is 1. The summed E-state index contributed by atoms with van der Waals surface area (Å²) >= 11 is 0. The quantitative estimate of drug-likeness (QED) is 0.375. The third-order valence-electron chi connectivity index (χ3n) is 5.73. The summed E-state index contributed by atoms with van der Waals surface area (Å²) in [5.41, 5.74) is 1.62. The van der Waals surface area contributed by atoms with Crippen LogP contribution in [0.1, 0.15) is 27.9 Å². The predicted octanol–water partition coefficient (Wildman–Crippen LogP) is 4.54. The Labute approximate surface area is 204 Å². The first-order valence-electron chi connectivity index (χ1n) is 11.6. The summed E-state index contributed by atoms with van der Waals surface area (Å²) in [6, 6.07) is 19.9. The number of hydrogen-bond donors (Lipinski definition) is 3. The molecule has 0 fully saturated rings. The van der Waals surface area contributed by atoms with Gasteiger partial charge in [0.25, 0.3) is 0 Å². The largest absolute Gasteiger partial charge is 0.491 e. The van der Waals surface area contributed by atoms with Gasteiger partial charge in [-0.3, -0.25) is 0 Å². The van der Waals surface area contributed by atoms with Gasteiger partial charge in [0.2, 0.25) is 0 Å². The third-order valence-corrected chi connectivity index (χ3v) is 5.73. The Morgan fingerprint density at radius 3 is 2.74 bits per heavy atom. The maximum absolute atomic E-state index is 11.5. The second-order valence-corrected chi connectivity index (χ2v) is 8.31. The van der Waals surface area contributed by atoms with Gasteiger partial charge in [0.1, 0.15) is 41.8 Å². The summed E-state index contributed by atoms with van der Waals surface area (Å²) in [7, 11) is 0. The molecule has 35 heavy (non-hydrogen) atoms. The van der Waals surface area contributed by atoms with E-state index in [9.17, 15) is 15.0 Å². The van der Waals surface area contributed by atoms with Gasteiger partial charge < -0.3 is 29.7 Å². The molecular formula is C28H29NO6. The standard InChI is InChI=1S/C28H29NO6/c1-2-24-25(28(31)32)9-6-10-27(24)34-22-13-14-26-19(15-22)11-12-23(35-26)17-29-16-20(30)18-33-21-7-4-3-5-8-21/h2-10,13-15,20,23,29-30H,1,11-12,16-18H2,(H,31,32)/t20-,23+/m0/s1. The third kappa shape index (κ3) is 6.41. The minimum absolute atomic E-state index is 0.00359. The highest BCUT2D eigenvalue weighted by molar-refractivity contribution is 5.93. The fourth-order valence-electron chi connectivity index (χ4n) is 3.96. The van der Waals surface area contributed by atoms with Crippen molar-refractivity contribution in [1.82, 2.24) is 5.32 Å². The van der Waals surface area contributed by atoms with Crippen molar-refractivity contribution in [3.05, 3.63) is 90.0 Å². The highest BCUT2D eigenvalue weighted by atomic mass is 16.5. The molecule has 0 unspecified atom stereocenters. The maximum Gasteiger partial charge on any atom is 0.336 e. The molecule has 182 valence electrons. The molecular weight excluding hydrogens is 446 g/mol. The van der Waals surface area contributed by atoms with Gasteiger partial charge in [-0.1, -0.05) is 36.9 Å². The van der Waals surface area contributed by atoms with Crippen LogP contribution in [-0.4, -0.2) is 48.1 Å². The monoisotopic (exact) mass is 475 g/mol. The molecule has 1 aliphatic heterocycles. The lowest BCUT2D eigenvalue weighted by Crippen LogP contribution is -2.39. The molecule has 0 amide bonds. The van der Waals surface area contributed by atoms with Crippen LogP contribution in [0, 0.1) is 0 Å². The fourth-order valence-corrected chi connectivity index (χ4v) is 3.96. The summed E-state index contributed by atoms with van der Waals surface area (Å²) in [6.07, 6.45) is 2.51. The van der Waals surface area contributed by atoms with Gasteiger partial charge in [-0.25, -0.2) is 4.79 Å². The molecule has 0 bridgehead atoms. The average molecular weight is 476 g/mol. The fraction of sp³-hybridized carbons (Fsp3) is 0.250. The molecule has 0 aliphatic carbocycles. The van der Waals surface area contributed by atoms with Crippen LogP contribution in [0.3, 0.4) is 0 Å². The molecule has 3 aromatic rings. The highest BCUT2D eigenvalue weighted by Crippen LogP contribution is 2.34.